The second-order valence-electron chi connectivity index (χ2n) is 6.07. The van der Waals surface area contributed by atoms with Gasteiger partial charge in [-0.2, -0.15) is 0 Å². The second kappa shape index (κ2) is 7.73. The SMILES string of the molecule is CN(C1CCCCCC1)S(=O)(=O)CCN1CCNCC1. The maximum Gasteiger partial charge on any atom is 0.215 e. The lowest BCUT2D eigenvalue weighted by Gasteiger charge is -2.30. The average Bonchev–Trinajstić information content (AvgIpc) is 2.74. The third-order valence-electron chi connectivity index (χ3n) is 4.65. The zero-order valence-electron chi connectivity index (χ0n) is 12.7. The molecule has 1 heterocycles. The maximum atomic E-state index is 12.5. The molecule has 1 saturated heterocycles. The van der Waals surface area contributed by atoms with E-state index in [-0.39, 0.29) is 11.8 Å². The van der Waals surface area contributed by atoms with Crippen LogP contribution in [0, 0.1) is 0 Å². The van der Waals surface area contributed by atoms with Crippen LogP contribution in [-0.4, -0.2) is 69.2 Å². The van der Waals surface area contributed by atoms with E-state index in [4.69, 9.17) is 0 Å². The summed E-state index contributed by atoms with van der Waals surface area (Å²) in [6, 6.07) is 0.227. The predicted octanol–water partition coefficient (Wildman–Crippen LogP) is 0.876. The quantitative estimate of drug-likeness (QED) is 0.766. The summed E-state index contributed by atoms with van der Waals surface area (Å²) in [7, 11) is -1.32. The van der Waals surface area contributed by atoms with Gasteiger partial charge < -0.3 is 5.32 Å². The van der Waals surface area contributed by atoms with Crippen LogP contribution in [0.15, 0.2) is 0 Å². The van der Waals surface area contributed by atoms with Crippen molar-refractivity contribution in [1.29, 1.82) is 0 Å². The molecule has 0 radical (unpaired) electrons. The summed E-state index contributed by atoms with van der Waals surface area (Å²) in [5, 5.41) is 3.29. The van der Waals surface area contributed by atoms with Crippen molar-refractivity contribution >= 4 is 10.0 Å². The lowest BCUT2D eigenvalue weighted by Crippen LogP contribution is -2.47. The van der Waals surface area contributed by atoms with E-state index in [2.05, 4.69) is 10.2 Å². The molecule has 2 rings (SSSR count). The van der Waals surface area contributed by atoms with Crippen LogP contribution < -0.4 is 5.32 Å². The second-order valence-corrected chi connectivity index (χ2v) is 8.22. The van der Waals surface area contributed by atoms with Crippen molar-refractivity contribution in [3.8, 4) is 0 Å². The highest BCUT2D eigenvalue weighted by atomic mass is 32.2. The van der Waals surface area contributed by atoms with Crippen molar-refractivity contribution in [1.82, 2.24) is 14.5 Å². The van der Waals surface area contributed by atoms with E-state index in [9.17, 15) is 8.42 Å². The summed E-state index contributed by atoms with van der Waals surface area (Å²) in [6.45, 7) is 4.53. The van der Waals surface area contributed by atoms with E-state index < -0.39 is 10.0 Å². The van der Waals surface area contributed by atoms with Crippen molar-refractivity contribution in [3.63, 3.8) is 0 Å². The van der Waals surface area contributed by atoms with Gasteiger partial charge in [-0.1, -0.05) is 25.7 Å². The fourth-order valence-electron chi connectivity index (χ4n) is 3.17. The molecule has 2 aliphatic rings. The van der Waals surface area contributed by atoms with Crippen LogP contribution in [0.5, 0.6) is 0 Å². The Morgan fingerprint density at radius 2 is 1.70 bits per heavy atom. The van der Waals surface area contributed by atoms with Crippen LogP contribution in [0.2, 0.25) is 0 Å². The molecule has 1 aliphatic heterocycles. The third-order valence-corrected chi connectivity index (χ3v) is 6.53. The molecule has 0 aromatic heterocycles. The maximum absolute atomic E-state index is 12.5. The first kappa shape index (κ1) is 16.2. The van der Waals surface area contributed by atoms with Gasteiger partial charge in [0.1, 0.15) is 0 Å². The van der Waals surface area contributed by atoms with Crippen LogP contribution in [0.3, 0.4) is 0 Å². The number of sulfonamides is 1. The van der Waals surface area contributed by atoms with Gasteiger partial charge in [-0.15, -0.1) is 0 Å². The minimum Gasteiger partial charge on any atom is -0.314 e. The number of piperazine rings is 1. The molecular weight excluding hydrogens is 274 g/mol. The average molecular weight is 303 g/mol. The lowest BCUT2D eigenvalue weighted by molar-refractivity contribution is 0.251. The number of nitrogens with one attached hydrogen (secondary N) is 1. The normalized spacial score (nSPS) is 23.9. The summed E-state index contributed by atoms with van der Waals surface area (Å²) >= 11 is 0. The monoisotopic (exact) mass is 303 g/mol. The van der Waals surface area contributed by atoms with Gasteiger partial charge in [0.05, 0.1) is 5.75 Å². The van der Waals surface area contributed by atoms with Crippen LogP contribution in [0.1, 0.15) is 38.5 Å². The summed E-state index contributed by atoms with van der Waals surface area (Å²) in [5.41, 5.74) is 0. The van der Waals surface area contributed by atoms with Crippen molar-refractivity contribution < 1.29 is 8.42 Å². The van der Waals surface area contributed by atoms with Crippen molar-refractivity contribution in [2.24, 2.45) is 0 Å². The smallest absolute Gasteiger partial charge is 0.215 e. The van der Waals surface area contributed by atoms with E-state index in [1.54, 1.807) is 11.4 Å². The number of hydrogen-bond acceptors (Lipinski definition) is 4. The first-order valence-corrected chi connectivity index (χ1v) is 9.59. The van der Waals surface area contributed by atoms with Gasteiger partial charge in [-0.3, -0.25) is 4.90 Å². The first-order valence-electron chi connectivity index (χ1n) is 7.98. The van der Waals surface area contributed by atoms with Gasteiger partial charge in [0, 0.05) is 45.8 Å². The Hall–Kier alpha value is -0.170. The summed E-state index contributed by atoms with van der Waals surface area (Å²) in [5.74, 6) is 0.264. The molecule has 0 spiro atoms. The van der Waals surface area contributed by atoms with Crippen LogP contribution in [0.25, 0.3) is 0 Å². The minimum atomic E-state index is -3.10. The molecule has 2 fully saturated rings. The Balaban J connectivity index is 1.84. The molecule has 1 N–H and O–H groups in total. The van der Waals surface area contributed by atoms with Crippen LogP contribution in [-0.2, 0) is 10.0 Å². The molecule has 0 aromatic carbocycles. The highest BCUT2D eigenvalue weighted by Gasteiger charge is 2.27. The zero-order valence-corrected chi connectivity index (χ0v) is 13.5. The molecule has 0 atom stereocenters. The van der Waals surface area contributed by atoms with Crippen LogP contribution >= 0.6 is 0 Å². The highest BCUT2D eigenvalue weighted by molar-refractivity contribution is 7.89. The van der Waals surface area contributed by atoms with E-state index in [1.165, 1.54) is 25.7 Å². The third kappa shape index (κ3) is 4.69. The molecular formula is C14H29N3O2S. The summed E-state index contributed by atoms with van der Waals surface area (Å²) < 4.78 is 26.6. The van der Waals surface area contributed by atoms with Gasteiger partial charge in [-0.05, 0) is 12.8 Å². The molecule has 0 aromatic rings. The molecule has 5 nitrogen and oxygen atoms in total. The van der Waals surface area contributed by atoms with Crippen molar-refractivity contribution in [2.75, 3.05) is 45.5 Å². The molecule has 118 valence electrons. The summed E-state index contributed by atoms with van der Waals surface area (Å²) in [4.78, 5) is 2.25. The minimum absolute atomic E-state index is 0.227. The fourth-order valence-corrected chi connectivity index (χ4v) is 4.61. The molecule has 0 unspecified atom stereocenters. The summed E-state index contributed by atoms with van der Waals surface area (Å²) in [6.07, 6.45) is 6.91. The van der Waals surface area contributed by atoms with E-state index in [0.717, 1.165) is 39.0 Å². The molecule has 1 aliphatic carbocycles. The van der Waals surface area contributed by atoms with Gasteiger partial charge in [0.25, 0.3) is 0 Å². The first-order chi connectivity index (χ1) is 9.59. The van der Waals surface area contributed by atoms with E-state index in [0.29, 0.717) is 6.54 Å². The Kier molecular flexibility index (Phi) is 6.26. The zero-order chi connectivity index (χ0) is 14.4. The van der Waals surface area contributed by atoms with Crippen LogP contribution in [0.4, 0.5) is 0 Å². The van der Waals surface area contributed by atoms with Gasteiger partial charge in [-0.25, -0.2) is 12.7 Å². The largest absolute Gasteiger partial charge is 0.314 e. The Labute approximate surface area is 123 Å². The number of hydrogen-bond donors (Lipinski definition) is 1. The molecule has 1 saturated carbocycles. The molecule has 0 amide bonds. The standard InChI is InChI=1S/C14H29N3O2S/c1-16(14-6-4-2-3-5-7-14)20(18,19)13-12-17-10-8-15-9-11-17/h14-15H,2-13H2,1H3. The Morgan fingerprint density at radius 1 is 1.10 bits per heavy atom. The van der Waals surface area contributed by atoms with Gasteiger partial charge in [0.15, 0.2) is 0 Å². The lowest BCUT2D eigenvalue weighted by atomic mass is 10.1. The van der Waals surface area contributed by atoms with Gasteiger partial charge >= 0.3 is 0 Å². The molecule has 20 heavy (non-hydrogen) atoms. The Morgan fingerprint density at radius 3 is 2.30 bits per heavy atom. The number of rotatable bonds is 5. The van der Waals surface area contributed by atoms with Gasteiger partial charge in [0.2, 0.25) is 10.0 Å². The number of nitrogens with zero attached hydrogens (tertiary/aromatic N) is 2. The topological polar surface area (TPSA) is 52.7 Å². The highest BCUT2D eigenvalue weighted by Crippen LogP contribution is 2.23. The molecule has 6 heteroatoms. The van der Waals surface area contributed by atoms with E-state index in [1.807, 2.05) is 0 Å². The fraction of sp³-hybridized carbons (Fsp3) is 1.00. The van der Waals surface area contributed by atoms with Crippen molar-refractivity contribution in [2.45, 2.75) is 44.6 Å². The Bertz CT molecular complexity index is 372. The predicted molar refractivity (Wildman–Crippen MR) is 82.3 cm³/mol. The molecule has 0 bridgehead atoms. The van der Waals surface area contributed by atoms with E-state index >= 15 is 0 Å². The van der Waals surface area contributed by atoms with Crippen molar-refractivity contribution in [3.05, 3.63) is 0 Å².